The first-order valence-corrected chi connectivity index (χ1v) is 23.2. The van der Waals surface area contributed by atoms with Crippen LogP contribution < -0.4 is 0 Å². The van der Waals surface area contributed by atoms with Gasteiger partial charge in [-0.15, -0.1) is 0 Å². The fourth-order valence-electron chi connectivity index (χ4n) is 13.4. The summed E-state index contributed by atoms with van der Waals surface area (Å²) in [6, 6.07) is 0. The van der Waals surface area contributed by atoms with Crippen LogP contribution in [0.1, 0.15) is 78.6 Å². The predicted molar refractivity (Wildman–Crippen MR) is 218 cm³/mol. The Balaban J connectivity index is 1.06. The molecule has 0 radical (unpaired) electrons. The molecule has 4 saturated carbocycles. The maximum Gasteiger partial charge on any atom is 0.314 e. The molecule has 0 amide bonds. The van der Waals surface area contributed by atoms with E-state index in [1.807, 2.05) is 6.92 Å². The van der Waals surface area contributed by atoms with Crippen molar-refractivity contribution >= 4 is 5.97 Å². The highest BCUT2D eigenvalue weighted by Gasteiger charge is 2.70. The molecule has 1 spiro atoms. The third-order valence-corrected chi connectivity index (χ3v) is 17.0. The third-order valence-electron chi connectivity index (χ3n) is 17.0. The fourth-order valence-corrected chi connectivity index (χ4v) is 13.4. The van der Waals surface area contributed by atoms with Gasteiger partial charge in [0.25, 0.3) is 0 Å². The number of rotatable bonds is 11. The summed E-state index contributed by atoms with van der Waals surface area (Å²) in [6.07, 6.45) is -27.4. The van der Waals surface area contributed by atoms with Crippen molar-refractivity contribution in [1.29, 1.82) is 0 Å². The Labute approximate surface area is 381 Å². The van der Waals surface area contributed by atoms with Crippen LogP contribution in [0, 0.1) is 28.1 Å². The molecule has 0 aromatic rings. The average molecular weight is 951 g/mol. The lowest BCUT2D eigenvalue weighted by atomic mass is 9.41. The van der Waals surface area contributed by atoms with Gasteiger partial charge in [0.05, 0.1) is 36.9 Å². The van der Waals surface area contributed by atoms with Crippen molar-refractivity contribution in [2.24, 2.45) is 28.1 Å². The van der Waals surface area contributed by atoms with Crippen LogP contribution in [0.4, 0.5) is 0 Å². The van der Waals surface area contributed by atoms with Crippen molar-refractivity contribution < 1.29 is 109 Å². The highest BCUT2D eigenvalue weighted by atomic mass is 16.8. The summed E-state index contributed by atoms with van der Waals surface area (Å²) < 4.78 is 48.4. The lowest BCUT2D eigenvalue weighted by Gasteiger charge is -2.64. The largest absolute Gasteiger partial charge is 0.432 e. The summed E-state index contributed by atoms with van der Waals surface area (Å²) in [5.74, 6) is -0.750. The van der Waals surface area contributed by atoms with Crippen molar-refractivity contribution in [2.45, 2.75) is 207 Å². The molecule has 0 aromatic carbocycles. The maximum atomic E-state index is 14.3. The molecule has 22 nitrogen and oxygen atoms in total. The Hall–Kier alpha value is -1.59. The molecule has 22 heteroatoms. The molecule has 0 aromatic heterocycles. The minimum Gasteiger partial charge on any atom is -0.432 e. The van der Waals surface area contributed by atoms with E-state index in [1.165, 1.54) is 6.92 Å². The predicted octanol–water partition coefficient (Wildman–Crippen LogP) is -4.09. The van der Waals surface area contributed by atoms with E-state index in [1.54, 1.807) is 0 Å². The van der Waals surface area contributed by atoms with Crippen LogP contribution >= 0.6 is 0 Å². The van der Waals surface area contributed by atoms with E-state index in [-0.39, 0.29) is 17.3 Å². The van der Waals surface area contributed by atoms with E-state index in [0.717, 1.165) is 12.0 Å². The van der Waals surface area contributed by atoms with E-state index in [0.29, 0.717) is 51.4 Å². The van der Waals surface area contributed by atoms with Gasteiger partial charge in [0.15, 0.2) is 18.9 Å². The van der Waals surface area contributed by atoms with Crippen LogP contribution in [0.15, 0.2) is 12.2 Å². The zero-order valence-corrected chi connectivity index (χ0v) is 37.4. The summed E-state index contributed by atoms with van der Waals surface area (Å²) in [7, 11) is 0. The molecule has 4 aliphatic heterocycles. The molecule has 4 aliphatic carbocycles. The van der Waals surface area contributed by atoms with Gasteiger partial charge in [0.2, 0.25) is 6.29 Å². The van der Waals surface area contributed by atoms with Crippen LogP contribution in [0.2, 0.25) is 0 Å². The molecular formula is C44H70O22. The first-order chi connectivity index (χ1) is 31.1. The van der Waals surface area contributed by atoms with Gasteiger partial charge in [0, 0.05) is 0 Å². The van der Waals surface area contributed by atoms with Crippen molar-refractivity contribution in [3.8, 4) is 0 Å². The van der Waals surface area contributed by atoms with E-state index in [9.17, 15) is 71.2 Å². The molecule has 8 aliphatic rings. The number of hydrogen-bond acceptors (Lipinski definition) is 22. The number of aliphatic hydroxyl groups excluding tert-OH is 13. The molecule has 0 unspecified atom stereocenters. The summed E-state index contributed by atoms with van der Waals surface area (Å²) in [4.78, 5) is 14.3. The number of aliphatic hydroxyl groups is 13. The number of carbonyl (C=O) groups excluding carboxylic acids is 1. The van der Waals surface area contributed by atoms with Crippen molar-refractivity contribution in [1.82, 2.24) is 0 Å². The van der Waals surface area contributed by atoms with Gasteiger partial charge in [-0.3, -0.25) is 4.79 Å². The quantitative estimate of drug-likeness (QED) is 0.0532. The van der Waals surface area contributed by atoms with Gasteiger partial charge in [-0.1, -0.05) is 19.9 Å². The fraction of sp³-hybridized carbons (Fsp3) is 0.932. The molecule has 8 fully saturated rings. The van der Waals surface area contributed by atoms with Gasteiger partial charge < -0.3 is 104 Å². The van der Waals surface area contributed by atoms with E-state index >= 15 is 0 Å². The first kappa shape index (κ1) is 50.8. The Morgan fingerprint density at radius 2 is 1.12 bits per heavy atom. The number of fused-ring (bicyclic) bond motifs is 3. The zero-order valence-electron chi connectivity index (χ0n) is 37.4. The Morgan fingerprint density at radius 3 is 1.74 bits per heavy atom. The van der Waals surface area contributed by atoms with E-state index in [4.69, 9.17) is 37.9 Å². The minimum absolute atomic E-state index is 0.0493. The number of carbonyl (C=O) groups is 1. The second-order valence-corrected chi connectivity index (χ2v) is 20.8. The summed E-state index contributed by atoms with van der Waals surface area (Å²) in [5, 5.41) is 137. The van der Waals surface area contributed by atoms with Gasteiger partial charge in [-0.25, -0.2) is 0 Å². The van der Waals surface area contributed by atoms with Crippen molar-refractivity contribution in [3.05, 3.63) is 12.2 Å². The van der Waals surface area contributed by atoms with Crippen molar-refractivity contribution in [2.75, 3.05) is 19.8 Å². The van der Waals surface area contributed by atoms with Crippen molar-refractivity contribution in [3.63, 3.8) is 0 Å². The van der Waals surface area contributed by atoms with Crippen LogP contribution in [0.25, 0.3) is 0 Å². The maximum absolute atomic E-state index is 14.3. The number of ether oxygens (including phenoxy) is 8. The Kier molecular flexibility index (Phi) is 14.5. The molecular weight excluding hydrogens is 880 g/mol. The molecule has 4 saturated heterocycles. The summed E-state index contributed by atoms with van der Waals surface area (Å²) in [6.45, 7) is 7.77. The number of esters is 1. The highest BCUT2D eigenvalue weighted by molar-refractivity contribution is 5.77. The lowest BCUT2D eigenvalue weighted by Crippen LogP contribution is -2.67. The molecule has 8 rings (SSSR count). The van der Waals surface area contributed by atoms with Gasteiger partial charge in [-0.05, 0) is 93.5 Å². The Morgan fingerprint density at radius 1 is 0.606 bits per heavy atom. The highest BCUT2D eigenvalue weighted by Crippen LogP contribution is 2.73. The second-order valence-electron chi connectivity index (χ2n) is 20.8. The minimum atomic E-state index is -1.92. The summed E-state index contributed by atoms with van der Waals surface area (Å²) >= 11 is 0. The summed E-state index contributed by atoms with van der Waals surface area (Å²) in [5.41, 5.74) is -2.19. The second kappa shape index (κ2) is 18.9. The SMILES string of the molecule is C=C1C[C@@]23CC[C@H]4[C@@](C)(CCC[C@@]4(C)C(=O)O[C@@H]4O[C@H](CO)[C@@H](O)[C@H](O)[C@H]4O)[C@@H]2CC[C@]1(O[C@@H]1O[C@H](CO)[C@@H](O)[C@H](O[C@@H]2O[C@H](CO)[C@@H](O)[C@H](O)[C@H]2O)[C@H]1O[C@@H]1O[C@H](C)[C@@H](O)[C@H](O)[C@H]1O)C3. The standard InChI is InChI=1S/C44H70O22/c1-17-12-43-10-6-22-41(3,8-5-9-42(22,4)40(58)65-38-33(57)30(54)26(50)20(14-46)61-38)23(43)7-11-44(17,16-43)66-39-35(64-36-31(55)28(52)24(48)18(2)59-36)34(27(51)21(15-47)62-39)63-37-32(56)29(53)25(49)19(13-45)60-37/h18-39,45-57H,1,5-16H2,2-4H3/t18-,19-,20-,21-,22+,23+,24-,25-,26-,27-,28+,29+,30+,31-,32-,33-,34+,35-,36+,37+,38+,39+,41-,42-,43-,44+/m1/s1. The van der Waals surface area contributed by atoms with Crippen LogP contribution in [0.3, 0.4) is 0 Å². The number of hydrogen-bond donors (Lipinski definition) is 13. The lowest BCUT2D eigenvalue weighted by molar-refractivity contribution is -0.398. The molecule has 2 bridgehead atoms. The smallest absolute Gasteiger partial charge is 0.314 e. The Bertz CT molecular complexity index is 1740. The van der Waals surface area contributed by atoms with E-state index in [2.05, 4.69) is 13.5 Å². The zero-order chi connectivity index (χ0) is 48.0. The third kappa shape index (κ3) is 8.30. The van der Waals surface area contributed by atoms with Gasteiger partial charge in [-0.2, -0.15) is 0 Å². The monoisotopic (exact) mass is 950 g/mol. The van der Waals surface area contributed by atoms with Gasteiger partial charge in [0.1, 0.15) is 91.6 Å². The average Bonchev–Trinajstić information content (AvgIpc) is 3.48. The van der Waals surface area contributed by atoms with Gasteiger partial charge >= 0.3 is 5.97 Å². The molecule has 378 valence electrons. The normalized spacial score (nSPS) is 55.2. The van der Waals surface area contributed by atoms with Crippen LogP contribution in [-0.2, 0) is 42.7 Å². The molecule has 66 heavy (non-hydrogen) atoms. The molecule has 26 atom stereocenters. The topological polar surface area (TPSA) is 354 Å². The van der Waals surface area contributed by atoms with E-state index < -0.39 is 165 Å². The first-order valence-electron chi connectivity index (χ1n) is 23.2. The van der Waals surface area contributed by atoms with Crippen LogP contribution in [0.5, 0.6) is 0 Å². The molecule has 4 heterocycles. The van der Waals surface area contributed by atoms with Crippen LogP contribution in [-0.4, -0.2) is 221 Å². The molecule has 13 N–H and O–H groups in total.